The Balaban J connectivity index is 1.99. The fraction of sp³-hybridized carbons (Fsp3) is 0.467. The number of carbonyl (C=O) groups is 1. The van der Waals surface area contributed by atoms with E-state index in [4.69, 9.17) is 9.84 Å². The minimum atomic E-state index is -0.824. The van der Waals surface area contributed by atoms with E-state index in [1.165, 1.54) is 11.8 Å². The van der Waals surface area contributed by atoms with Gasteiger partial charge in [0, 0.05) is 18.6 Å². The molecule has 1 aromatic carbocycles. The summed E-state index contributed by atoms with van der Waals surface area (Å²) in [6, 6.07) is 8.20. The third kappa shape index (κ3) is 2.91. The lowest BCUT2D eigenvalue weighted by Gasteiger charge is -2.22. The zero-order valence-corrected chi connectivity index (χ0v) is 12.7. The van der Waals surface area contributed by atoms with Crippen molar-refractivity contribution in [3.63, 3.8) is 0 Å². The van der Waals surface area contributed by atoms with Crippen LogP contribution in [0, 0.1) is 5.92 Å². The van der Waals surface area contributed by atoms with Crippen LogP contribution in [-0.2, 0) is 9.53 Å². The number of fused-ring (bicyclic) bond motifs is 1. The molecule has 112 valence electrons. The number of aromatic nitrogens is 2. The molecule has 0 amide bonds. The Morgan fingerprint density at radius 2 is 2.38 bits per heavy atom. The third-order valence-corrected chi connectivity index (χ3v) is 4.88. The van der Waals surface area contributed by atoms with Gasteiger partial charge in [-0.05, 0) is 25.5 Å². The SMILES string of the molecule is CC(C1CCOC1)n1c(SCC(=O)O)nc2ccccc21. The molecule has 2 heterocycles. The number of benzene rings is 1. The molecule has 1 aliphatic rings. The van der Waals surface area contributed by atoms with Crippen molar-refractivity contribution in [2.24, 2.45) is 5.92 Å². The lowest BCUT2D eigenvalue weighted by Crippen LogP contribution is -2.18. The zero-order chi connectivity index (χ0) is 14.8. The van der Waals surface area contributed by atoms with E-state index in [1.807, 2.05) is 24.3 Å². The Labute approximate surface area is 127 Å². The summed E-state index contributed by atoms with van der Waals surface area (Å²) in [5.41, 5.74) is 1.97. The van der Waals surface area contributed by atoms with E-state index in [0.717, 1.165) is 35.8 Å². The van der Waals surface area contributed by atoms with Crippen molar-refractivity contribution in [3.8, 4) is 0 Å². The molecule has 6 heteroatoms. The molecule has 1 aromatic heterocycles. The van der Waals surface area contributed by atoms with Gasteiger partial charge in [-0.2, -0.15) is 0 Å². The molecule has 0 aliphatic carbocycles. The molecule has 0 spiro atoms. The van der Waals surface area contributed by atoms with Crippen LogP contribution >= 0.6 is 11.8 Å². The first-order chi connectivity index (χ1) is 10.2. The maximum Gasteiger partial charge on any atom is 0.313 e. The fourth-order valence-electron chi connectivity index (χ4n) is 2.79. The van der Waals surface area contributed by atoms with Crippen LogP contribution < -0.4 is 0 Å². The van der Waals surface area contributed by atoms with E-state index < -0.39 is 5.97 Å². The number of thioether (sulfide) groups is 1. The number of carboxylic acid groups (broad SMARTS) is 1. The van der Waals surface area contributed by atoms with Gasteiger partial charge in [0.25, 0.3) is 0 Å². The summed E-state index contributed by atoms with van der Waals surface area (Å²) >= 11 is 1.28. The summed E-state index contributed by atoms with van der Waals surface area (Å²) in [5, 5.41) is 9.69. The predicted molar refractivity (Wildman–Crippen MR) is 81.7 cm³/mol. The molecule has 21 heavy (non-hydrogen) atoms. The van der Waals surface area contributed by atoms with Gasteiger partial charge >= 0.3 is 5.97 Å². The summed E-state index contributed by atoms with van der Waals surface area (Å²) < 4.78 is 7.66. The molecule has 2 unspecified atom stereocenters. The van der Waals surface area contributed by atoms with Crippen molar-refractivity contribution >= 4 is 28.8 Å². The highest BCUT2D eigenvalue weighted by Crippen LogP contribution is 2.33. The first-order valence-electron chi connectivity index (χ1n) is 7.06. The normalized spacial score (nSPS) is 20.0. The van der Waals surface area contributed by atoms with Gasteiger partial charge in [-0.1, -0.05) is 23.9 Å². The fourth-order valence-corrected chi connectivity index (χ4v) is 3.61. The van der Waals surface area contributed by atoms with Crippen LogP contribution in [0.3, 0.4) is 0 Å². The zero-order valence-electron chi connectivity index (χ0n) is 11.9. The van der Waals surface area contributed by atoms with E-state index in [2.05, 4.69) is 16.5 Å². The molecule has 0 saturated carbocycles. The molecule has 2 atom stereocenters. The average Bonchev–Trinajstić information content (AvgIpc) is 3.11. The largest absolute Gasteiger partial charge is 0.481 e. The lowest BCUT2D eigenvalue weighted by atomic mass is 10.0. The van der Waals surface area contributed by atoms with Crippen LogP contribution in [-0.4, -0.2) is 39.6 Å². The van der Waals surface area contributed by atoms with Crippen LogP contribution in [0.1, 0.15) is 19.4 Å². The van der Waals surface area contributed by atoms with E-state index >= 15 is 0 Å². The van der Waals surface area contributed by atoms with Crippen molar-refractivity contribution < 1.29 is 14.6 Å². The highest BCUT2D eigenvalue weighted by molar-refractivity contribution is 7.99. The Morgan fingerprint density at radius 3 is 3.10 bits per heavy atom. The highest BCUT2D eigenvalue weighted by Gasteiger charge is 2.27. The minimum absolute atomic E-state index is 0.0250. The molecule has 0 radical (unpaired) electrons. The molecule has 2 aromatic rings. The van der Waals surface area contributed by atoms with Crippen LogP contribution in [0.2, 0.25) is 0 Å². The summed E-state index contributed by atoms with van der Waals surface area (Å²) in [5.74, 6) is -0.348. The van der Waals surface area contributed by atoms with E-state index in [-0.39, 0.29) is 11.8 Å². The lowest BCUT2D eigenvalue weighted by molar-refractivity contribution is -0.133. The number of carboxylic acids is 1. The second kappa shape index (κ2) is 6.07. The predicted octanol–water partition coefficient (Wildman–Crippen LogP) is 2.81. The topological polar surface area (TPSA) is 64.3 Å². The summed E-state index contributed by atoms with van der Waals surface area (Å²) in [6.07, 6.45) is 1.04. The smallest absolute Gasteiger partial charge is 0.313 e. The number of rotatable bonds is 5. The van der Waals surface area contributed by atoms with Gasteiger partial charge in [0.05, 0.1) is 23.4 Å². The standard InChI is InChI=1S/C15H18N2O3S/c1-10(11-6-7-20-8-11)17-13-5-3-2-4-12(13)16-15(17)21-9-14(18)19/h2-5,10-11H,6-9H2,1H3,(H,18,19). The Morgan fingerprint density at radius 1 is 1.57 bits per heavy atom. The molecule has 5 nitrogen and oxygen atoms in total. The van der Waals surface area contributed by atoms with E-state index in [1.54, 1.807) is 0 Å². The first kappa shape index (κ1) is 14.4. The monoisotopic (exact) mass is 306 g/mol. The van der Waals surface area contributed by atoms with Gasteiger partial charge in [-0.3, -0.25) is 4.79 Å². The number of imidazole rings is 1. The molecule has 0 bridgehead atoms. The third-order valence-electron chi connectivity index (χ3n) is 3.94. The van der Waals surface area contributed by atoms with Crippen molar-refractivity contribution in [1.29, 1.82) is 0 Å². The van der Waals surface area contributed by atoms with Gasteiger partial charge in [-0.15, -0.1) is 0 Å². The number of hydrogen-bond acceptors (Lipinski definition) is 4. The van der Waals surface area contributed by atoms with Crippen molar-refractivity contribution in [1.82, 2.24) is 9.55 Å². The van der Waals surface area contributed by atoms with Crippen molar-refractivity contribution in [2.45, 2.75) is 24.5 Å². The van der Waals surface area contributed by atoms with E-state index in [0.29, 0.717) is 5.92 Å². The first-order valence-corrected chi connectivity index (χ1v) is 8.04. The maximum atomic E-state index is 10.8. The summed E-state index contributed by atoms with van der Waals surface area (Å²) in [4.78, 5) is 15.4. The quantitative estimate of drug-likeness (QED) is 0.861. The van der Waals surface area contributed by atoms with Crippen molar-refractivity contribution in [2.75, 3.05) is 19.0 Å². The molecular formula is C15H18N2O3S. The van der Waals surface area contributed by atoms with Gasteiger partial charge in [0.2, 0.25) is 0 Å². The Hall–Kier alpha value is -1.53. The molecule has 1 aliphatic heterocycles. The molecule has 1 fully saturated rings. The summed E-state index contributed by atoms with van der Waals surface area (Å²) in [7, 11) is 0. The van der Waals surface area contributed by atoms with Gasteiger partial charge in [0.1, 0.15) is 0 Å². The number of aliphatic carboxylic acids is 1. The molecule has 1 saturated heterocycles. The number of nitrogens with zero attached hydrogens (tertiary/aromatic N) is 2. The van der Waals surface area contributed by atoms with Crippen LogP contribution in [0.25, 0.3) is 11.0 Å². The molecular weight excluding hydrogens is 288 g/mol. The van der Waals surface area contributed by atoms with Gasteiger partial charge < -0.3 is 14.4 Å². The second-order valence-electron chi connectivity index (χ2n) is 5.30. The second-order valence-corrected chi connectivity index (χ2v) is 6.24. The maximum absolute atomic E-state index is 10.8. The van der Waals surface area contributed by atoms with Crippen molar-refractivity contribution in [3.05, 3.63) is 24.3 Å². The molecule has 1 N–H and O–H groups in total. The minimum Gasteiger partial charge on any atom is -0.481 e. The Bertz CT molecular complexity index is 649. The summed E-state index contributed by atoms with van der Waals surface area (Å²) in [6.45, 7) is 3.73. The molecule has 3 rings (SSSR count). The van der Waals surface area contributed by atoms with Crippen LogP contribution in [0.5, 0.6) is 0 Å². The average molecular weight is 306 g/mol. The van der Waals surface area contributed by atoms with Gasteiger partial charge in [-0.25, -0.2) is 4.98 Å². The van der Waals surface area contributed by atoms with Crippen LogP contribution in [0.15, 0.2) is 29.4 Å². The number of para-hydroxylation sites is 2. The van der Waals surface area contributed by atoms with E-state index in [9.17, 15) is 4.79 Å². The van der Waals surface area contributed by atoms with Gasteiger partial charge in [0.15, 0.2) is 5.16 Å². The number of hydrogen-bond donors (Lipinski definition) is 1. The van der Waals surface area contributed by atoms with Crippen LogP contribution in [0.4, 0.5) is 0 Å². The Kier molecular flexibility index (Phi) is 4.17. The highest BCUT2D eigenvalue weighted by atomic mass is 32.2. The number of ether oxygens (including phenoxy) is 1.